The predicted octanol–water partition coefficient (Wildman–Crippen LogP) is 8.98. The first-order chi connectivity index (χ1) is 49.4. The van der Waals surface area contributed by atoms with Crippen molar-refractivity contribution in [3.63, 3.8) is 0 Å². The smallest absolute Gasteiger partial charge is 0.410 e. The largest absolute Gasteiger partial charge is 0.458 e. The van der Waals surface area contributed by atoms with Gasteiger partial charge in [-0.2, -0.15) is 0 Å². The van der Waals surface area contributed by atoms with Crippen LogP contribution in [0.2, 0.25) is 0 Å². The van der Waals surface area contributed by atoms with Crippen LogP contribution in [0.1, 0.15) is 134 Å². The molecule has 3 amide bonds. The molecule has 6 aliphatic rings. The number of ether oxygens (including phenoxy) is 9. The van der Waals surface area contributed by atoms with Crippen LogP contribution < -0.4 is 15.1 Å². The van der Waals surface area contributed by atoms with Gasteiger partial charge in [0.05, 0.1) is 26.4 Å². The molecule has 4 aliphatic carbocycles. The van der Waals surface area contributed by atoms with Crippen molar-refractivity contribution in [2.24, 2.45) is 23.7 Å². The van der Waals surface area contributed by atoms with Gasteiger partial charge in [-0.3, -0.25) is 19.3 Å². The van der Waals surface area contributed by atoms with Crippen molar-refractivity contribution in [2.45, 2.75) is 192 Å². The second-order valence-corrected chi connectivity index (χ2v) is 29.2. The van der Waals surface area contributed by atoms with Crippen LogP contribution in [0.5, 0.6) is 0 Å². The molecule has 24 heteroatoms. The lowest BCUT2D eigenvalue weighted by Crippen LogP contribution is -2.52. The summed E-state index contributed by atoms with van der Waals surface area (Å²) in [7, 11) is 6.25. The summed E-state index contributed by atoms with van der Waals surface area (Å²) < 4.78 is 50.5. The third-order valence-corrected chi connectivity index (χ3v) is 19.5. The number of nitrogens with one attached hydrogen (secondary N) is 1. The van der Waals surface area contributed by atoms with Crippen LogP contribution >= 0.6 is 0 Å². The number of amides is 3. The number of carbonyl (C=O) groups is 9. The highest BCUT2D eigenvalue weighted by Gasteiger charge is 2.44. The third kappa shape index (κ3) is 25.1. The van der Waals surface area contributed by atoms with E-state index < -0.39 is 108 Å². The highest BCUT2D eigenvalue weighted by molar-refractivity contribution is 5.92. The number of anilines is 2. The van der Waals surface area contributed by atoms with Crippen LogP contribution in [-0.2, 0) is 107 Å². The maximum Gasteiger partial charge on any atom is 0.410 e. The molecule has 2 aliphatic heterocycles. The molecule has 24 nitrogen and oxygen atoms in total. The van der Waals surface area contributed by atoms with Crippen molar-refractivity contribution in [3.05, 3.63) is 131 Å². The summed E-state index contributed by atoms with van der Waals surface area (Å²) in [6.45, 7) is 14.0. The summed E-state index contributed by atoms with van der Waals surface area (Å²) in [5, 5.41) is 3.05. The summed E-state index contributed by atoms with van der Waals surface area (Å²) in [5.41, 5.74) is 4.46. The standard InChI is InChI=1S/C42H57N3O10.C37H49N3O8/c1-28(38(47)52-27-32-10-8-7-9-11-32)53-39(48)34(24-29-12-13-29)43(5)37(46)36(26-31-16-18-33(19-17-31)45-20-22-51-23-21-45)54-40(49)35(25-30-14-15-30)44(6)41(50)55-42(2,3)4;1-25(35(42)46-24-29-7-5-4-6-8-29)47-37(44)32(22-27-11-12-27)39(3)34(41)33(48-36(43)31(38-2)21-26-9-10-26)23-28-13-15-30(16-14-28)40-17-19-45-20-18-40/h7-11,16-19,28-30,34-36H,12-15,20-27H2,1-6H3;4-8,13-16,25-27,31-33,38H,9-12,17-24H2,1-3H3/t28-,34+,35+,36-;25-,31+,32+,33-/m11/s1. The highest BCUT2D eigenvalue weighted by Crippen LogP contribution is 2.38. The molecule has 0 bridgehead atoms. The van der Waals surface area contributed by atoms with E-state index in [1.165, 1.54) is 49.7 Å². The lowest BCUT2D eigenvalue weighted by atomic mass is 10.0. The average Bonchev–Trinajstić information content (AvgIpc) is 1.54. The number of hydrogen-bond donors (Lipinski definition) is 1. The van der Waals surface area contributed by atoms with E-state index in [9.17, 15) is 43.2 Å². The van der Waals surface area contributed by atoms with Crippen LogP contribution in [-0.4, -0.2) is 203 Å². The van der Waals surface area contributed by atoms with E-state index in [1.807, 2.05) is 109 Å². The van der Waals surface area contributed by atoms with Crippen LogP contribution in [0.25, 0.3) is 0 Å². The van der Waals surface area contributed by atoms with Gasteiger partial charge in [0.15, 0.2) is 24.4 Å². The summed E-state index contributed by atoms with van der Waals surface area (Å²) >= 11 is 0. The molecular formula is C79H106N6O18. The van der Waals surface area contributed by atoms with E-state index >= 15 is 0 Å². The molecule has 560 valence electrons. The quantitative estimate of drug-likeness (QED) is 0.0338. The van der Waals surface area contributed by atoms with Gasteiger partial charge in [-0.05, 0) is 138 Å². The minimum atomic E-state index is -1.33. The number of benzene rings is 4. The Morgan fingerprint density at radius 1 is 0.447 bits per heavy atom. The molecule has 0 aromatic heterocycles. The number of hydrogen-bond acceptors (Lipinski definition) is 21. The molecule has 1 N–H and O–H groups in total. The Morgan fingerprint density at radius 3 is 1.14 bits per heavy atom. The molecule has 2 heterocycles. The number of nitrogens with zero attached hydrogens (tertiary/aromatic N) is 5. The van der Waals surface area contributed by atoms with Crippen LogP contribution in [0, 0.1) is 23.7 Å². The Hall–Kier alpha value is -8.61. The fourth-order valence-corrected chi connectivity index (χ4v) is 12.3. The van der Waals surface area contributed by atoms with E-state index in [-0.39, 0.29) is 43.8 Å². The van der Waals surface area contributed by atoms with Crippen molar-refractivity contribution in [1.82, 2.24) is 20.0 Å². The lowest BCUT2D eigenvalue weighted by Gasteiger charge is -2.33. The molecule has 0 unspecified atom stereocenters. The molecule has 6 fully saturated rings. The molecular weight excluding hydrogens is 1320 g/mol. The second kappa shape index (κ2) is 37.7. The summed E-state index contributed by atoms with van der Waals surface area (Å²) in [6, 6.07) is 30.5. The van der Waals surface area contributed by atoms with Crippen molar-refractivity contribution in [3.8, 4) is 0 Å². The van der Waals surface area contributed by atoms with Gasteiger partial charge < -0.3 is 67.5 Å². The maximum absolute atomic E-state index is 14.5. The van der Waals surface area contributed by atoms with Crippen LogP contribution in [0.3, 0.4) is 0 Å². The Labute approximate surface area is 605 Å². The minimum absolute atomic E-state index is 0.0246. The number of morpholine rings is 2. The van der Waals surface area contributed by atoms with E-state index in [4.69, 9.17) is 42.6 Å². The monoisotopic (exact) mass is 1430 g/mol. The van der Waals surface area contributed by atoms with Crippen LogP contribution in [0.4, 0.5) is 16.2 Å². The maximum atomic E-state index is 14.5. The normalized spacial score (nSPS) is 18.2. The zero-order chi connectivity index (χ0) is 73.7. The predicted molar refractivity (Wildman–Crippen MR) is 383 cm³/mol. The van der Waals surface area contributed by atoms with Gasteiger partial charge >= 0.3 is 41.9 Å². The van der Waals surface area contributed by atoms with E-state index in [0.717, 1.165) is 111 Å². The topological polar surface area (TPSA) is 265 Å². The third-order valence-electron chi connectivity index (χ3n) is 19.5. The Bertz CT molecular complexity index is 3440. The van der Waals surface area contributed by atoms with Gasteiger partial charge in [0.2, 0.25) is 0 Å². The van der Waals surface area contributed by atoms with E-state index in [0.29, 0.717) is 58.0 Å². The molecule has 10 rings (SSSR count). The summed E-state index contributed by atoms with van der Waals surface area (Å²) in [4.78, 5) is 130. The number of likely N-dealkylation sites (N-methyl/N-ethyl adjacent to an activating group) is 4. The van der Waals surface area contributed by atoms with Crippen LogP contribution in [0.15, 0.2) is 109 Å². The molecule has 0 radical (unpaired) electrons. The molecule has 0 spiro atoms. The lowest BCUT2D eigenvalue weighted by molar-refractivity contribution is -0.174. The SMILES string of the molecule is CN[C@@H](CC1CC1)C(=O)O[C@H](Cc1ccc(N2CCOCC2)cc1)C(=O)N(C)[C@@H](CC1CC1)C(=O)O[C@H](C)C(=O)OCc1ccccc1.C[C@@H](OC(=O)[C@H](CC1CC1)N(C)C(=O)[C@@H](Cc1ccc(N2CCOCC2)cc1)OC(=O)[C@H](CC1CC1)N(C)C(=O)OC(C)(C)C)C(=O)OCc1ccccc1. The summed E-state index contributed by atoms with van der Waals surface area (Å²) in [6.07, 6.45) is 4.06. The zero-order valence-electron chi connectivity index (χ0n) is 61.4. The molecule has 103 heavy (non-hydrogen) atoms. The zero-order valence-corrected chi connectivity index (χ0v) is 61.4. The first-order valence-corrected chi connectivity index (χ1v) is 36.6. The summed E-state index contributed by atoms with van der Waals surface area (Å²) in [5.74, 6) is -3.96. The fraction of sp³-hybridized carbons (Fsp3) is 0.582. The van der Waals surface area contributed by atoms with Crippen molar-refractivity contribution >= 4 is 65.1 Å². The highest BCUT2D eigenvalue weighted by atomic mass is 16.6. The van der Waals surface area contributed by atoms with Crippen molar-refractivity contribution in [1.29, 1.82) is 0 Å². The minimum Gasteiger partial charge on any atom is -0.458 e. The van der Waals surface area contributed by atoms with Gasteiger partial charge in [-0.25, -0.2) is 28.8 Å². The number of carbonyl (C=O) groups excluding carboxylic acids is 9. The fourth-order valence-electron chi connectivity index (χ4n) is 12.3. The van der Waals surface area contributed by atoms with Gasteiger partial charge in [-0.15, -0.1) is 0 Å². The average molecular weight is 1430 g/mol. The van der Waals surface area contributed by atoms with Crippen molar-refractivity contribution in [2.75, 3.05) is 90.6 Å². The van der Waals surface area contributed by atoms with Gasteiger partial charge in [0.1, 0.15) is 43.0 Å². The Balaban J connectivity index is 0.000000241. The molecule has 4 aromatic rings. The van der Waals surface area contributed by atoms with Gasteiger partial charge in [0, 0.05) is 71.5 Å². The second-order valence-electron chi connectivity index (χ2n) is 29.2. The molecule has 4 aromatic carbocycles. The number of esters is 6. The van der Waals surface area contributed by atoms with E-state index in [2.05, 4.69) is 15.1 Å². The first-order valence-electron chi connectivity index (χ1n) is 36.6. The van der Waals surface area contributed by atoms with Gasteiger partial charge in [-0.1, -0.05) is 136 Å². The number of rotatable bonds is 34. The molecule has 2 saturated heterocycles. The molecule has 4 saturated carbocycles. The van der Waals surface area contributed by atoms with Crippen molar-refractivity contribution < 1.29 is 85.8 Å². The first kappa shape index (κ1) is 78.5. The Morgan fingerprint density at radius 2 is 0.786 bits per heavy atom. The molecule has 8 atom stereocenters. The van der Waals surface area contributed by atoms with E-state index in [1.54, 1.807) is 27.8 Å². The van der Waals surface area contributed by atoms with Gasteiger partial charge in [0.25, 0.3) is 11.8 Å². The Kier molecular flexibility index (Phi) is 28.8.